The van der Waals surface area contributed by atoms with Crippen LogP contribution in [0.25, 0.3) is 5.13 Å². The third-order valence-corrected chi connectivity index (χ3v) is 6.73. The van der Waals surface area contributed by atoms with Crippen molar-refractivity contribution in [1.29, 1.82) is 0 Å². The number of fused-ring (bicyclic) bond motifs is 3. The molecule has 2 aromatic heterocycles. The first-order valence-electron chi connectivity index (χ1n) is 9.23. The second kappa shape index (κ2) is 6.96. The van der Waals surface area contributed by atoms with Gasteiger partial charge in [0.1, 0.15) is 0 Å². The Balaban J connectivity index is 1.55. The Hall–Kier alpha value is -1.99. The van der Waals surface area contributed by atoms with Gasteiger partial charge in [0, 0.05) is 35.9 Å². The van der Waals surface area contributed by atoms with Gasteiger partial charge in [-0.05, 0) is 43.8 Å². The molecule has 1 N–H and O–H groups in total. The first-order chi connectivity index (χ1) is 12.5. The van der Waals surface area contributed by atoms with E-state index in [0.29, 0.717) is 22.5 Å². The summed E-state index contributed by atoms with van der Waals surface area (Å²) >= 11 is 1.49. The van der Waals surface area contributed by atoms with Crippen molar-refractivity contribution in [2.45, 2.75) is 38.6 Å². The van der Waals surface area contributed by atoms with Crippen LogP contribution in [0, 0.1) is 5.92 Å². The second-order valence-electron chi connectivity index (χ2n) is 7.54. The van der Waals surface area contributed by atoms with Crippen LogP contribution in [0.2, 0.25) is 0 Å². The van der Waals surface area contributed by atoms with Crippen molar-refractivity contribution in [3.63, 3.8) is 0 Å². The zero-order valence-corrected chi connectivity index (χ0v) is 16.0. The van der Waals surface area contributed by atoms with Crippen molar-refractivity contribution < 1.29 is 4.79 Å². The van der Waals surface area contributed by atoms with E-state index in [1.165, 1.54) is 22.0 Å². The van der Waals surface area contributed by atoms with Crippen LogP contribution in [0.1, 0.15) is 47.8 Å². The molecule has 0 aromatic carbocycles. The highest BCUT2D eigenvalue weighted by atomic mass is 32.1. The average molecular weight is 372 g/mol. The van der Waals surface area contributed by atoms with Crippen LogP contribution >= 0.6 is 11.3 Å². The Morgan fingerprint density at radius 2 is 2.08 bits per heavy atom. The van der Waals surface area contributed by atoms with E-state index in [1.54, 1.807) is 18.5 Å². The van der Waals surface area contributed by atoms with Gasteiger partial charge in [0.25, 0.3) is 11.5 Å². The van der Waals surface area contributed by atoms with Crippen molar-refractivity contribution in [1.82, 2.24) is 19.8 Å². The Morgan fingerprint density at radius 1 is 1.31 bits per heavy atom. The van der Waals surface area contributed by atoms with Crippen LogP contribution in [-0.2, 0) is 0 Å². The lowest BCUT2D eigenvalue weighted by Gasteiger charge is -2.44. The van der Waals surface area contributed by atoms with Gasteiger partial charge >= 0.3 is 0 Å². The number of thiazole rings is 1. The Morgan fingerprint density at radius 3 is 2.69 bits per heavy atom. The molecule has 3 saturated heterocycles. The molecule has 0 aliphatic carbocycles. The number of hydrogen-bond acceptors (Lipinski definition) is 5. The topological polar surface area (TPSA) is 67.2 Å². The fourth-order valence-corrected chi connectivity index (χ4v) is 4.70. The number of nitrogens with one attached hydrogen (secondary N) is 1. The molecule has 3 fully saturated rings. The molecule has 0 radical (unpaired) electrons. The monoisotopic (exact) mass is 372 g/mol. The molecule has 1 unspecified atom stereocenters. The van der Waals surface area contributed by atoms with E-state index in [-0.39, 0.29) is 17.5 Å². The normalized spacial score (nSPS) is 24.8. The highest BCUT2D eigenvalue weighted by molar-refractivity contribution is 7.14. The van der Waals surface area contributed by atoms with Gasteiger partial charge in [-0.15, -0.1) is 11.3 Å². The molecule has 0 saturated carbocycles. The van der Waals surface area contributed by atoms with Crippen LogP contribution in [-0.4, -0.2) is 46.0 Å². The van der Waals surface area contributed by atoms with Crippen LogP contribution in [0.15, 0.2) is 29.3 Å². The van der Waals surface area contributed by atoms with E-state index in [9.17, 15) is 9.59 Å². The predicted octanol–water partition coefficient (Wildman–Crippen LogP) is 2.24. The Kier molecular flexibility index (Phi) is 4.67. The minimum absolute atomic E-state index is 0.113. The fraction of sp³-hybridized carbons (Fsp3) is 0.526. The number of amides is 1. The number of hydrogen-bond donors (Lipinski definition) is 1. The summed E-state index contributed by atoms with van der Waals surface area (Å²) < 4.78 is 1.47. The first-order valence-corrected chi connectivity index (χ1v) is 10.0. The number of aromatic nitrogens is 2. The van der Waals surface area contributed by atoms with E-state index in [2.05, 4.69) is 29.0 Å². The highest BCUT2D eigenvalue weighted by Crippen LogP contribution is 2.28. The lowest BCUT2D eigenvalue weighted by Crippen LogP contribution is -2.57. The summed E-state index contributed by atoms with van der Waals surface area (Å²) in [6.45, 7) is 7.41. The van der Waals surface area contributed by atoms with Gasteiger partial charge in [0.15, 0.2) is 5.13 Å². The van der Waals surface area contributed by atoms with E-state index < -0.39 is 0 Å². The predicted molar refractivity (Wildman–Crippen MR) is 102 cm³/mol. The summed E-state index contributed by atoms with van der Waals surface area (Å²) in [5.41, 5.74) is 0.330. The first kappa shape index (κ1) is 17.4. The van der Waals surface area contributed by atoms with Crippen molar-refractivity contribution in [3.8, 4) is 5.13 Å². The summed E-state index contributed by atoms with van der Waals surface area (Å²) in [6.07, 6.45) is 5.72. The van der Waals surface area contributed by atoms with E-state index in [1.807, 2.05) is 0 Å². The number of piperidine rings is 3. The zero-order valence-electron chi connectivity index (χ0n) is 15.1. The molecular weight excluding hydrogens is 348 g/mol. The summed E-state index contributed by atoms with van der Waals surface area (Å²) in [6, 6.07) is 3.26. The van der Waals surface area contributed by atoms with E-state index in [4.69, 9.17) is 0 Å². The van der Waals surface area contributed by atoms with Gasteiger partial charge in [-0.3, -0.25) is 14.2 Å². The Labute approximate surface area is 156 Å². The molecule has 3 aliphatic heterocycles. The summed E-state index contributed by atoms with van der Waals surface area (Å²) in [4.78, 5) is 32.9. The number of pyridine rings is 1. The standard InChI is InChI=1S/C19H24N4O2S/c1-12(2)16-9-20-19(26-16)23-10-14(3-4-17(23)24)18(25)21-15-11-22-7-5-13(15)6-8-22/h3-4,9-10,12-13,15H,5-8,11H2,1-2H3,(H,21,25). The molecule has 0 spiro atoms. The average Bonchev–Trinajstić information content (AvgIpc) is 3.13. The molecule has 26 heavy (non-hydrogen) atoms. The molecule has 6 nitrogen and oxygen atoms in total. The van der Waals surface area contributed by atoms with E-state index >= 15 is 0 Å². The molecule has 5 rings (SSSR count). The molecule has 1 atom stereocenters. The van der Waals surface area contributed by atoms with Gasteiger partial charge in [0.2, 0.25) is 0 Å². The molecule has 5 heterocycles. The zero-order chi connectivity index (χ0) is 18.3. The fourth-order valence-electron chi connectivity index (χ4n) is 3.81. The Bertz CT molecular complexity index is 864. The quantitative estimate of drug-likeness (QED) is 0.894. The van der Waals surface area contributed by atoms with Crippen LogP contribution < -0.4 is 10.9 Å². The van der Waals surface area contributed by atoms with Gasteiger partial charge in [-0.1, -0.05) is 13.8 Å². The van der Waals surface area contributed by atoms with Gasteiger partial charge < -0.3 is 10.2 Å². The third kappa shape index (κ3) is 3.33. The number of carbonyl (C=O) groups excluding carboxylic acids is 1. The van der Waals surface area contributed by atoms with Crippen molar-refractivity contribution in [2.75, 3.05) is 19.6 Å². The molecule has 2 bridgehead atoms. The van der Waals surface area contributed by atoms with Crippen LogP contribution in [0.5, 0.6) is 0 Å². The highest BCUT2D eigenvalue weighted by Gasteiger charge is 2.35. The molecule has 2 aromatic rings. The second-order valence-corrected chi connectivity index (χ2v) is 8.58. The van der Waals surface area contributed by atoms with Gasteiger partial charge in [0.05, 0.1) is 5.56 Å². The molecular formula is C19H24N4O2S. The maximum Gasteiger partial charge on any atom is 0.256 e. The molecule has 3 aliphatic rings. The van der Waals surface area contributed by atoms with Crippen LogP contribution in [0.4, 0.5) is 0 Å². The van der Waals surface area contributed by atoms with Gasteiger partial charge in [-0.25, -0.2) is 4.98 Å². The maximum absolute atomic E-state index is 12.7. The van der Waals surface area contributed by atoms with Crippen molar-refractivity contribution >= 4 is 17.2 Å². The maximum atomic E-state index is 12.7. The lowest BCUT2D eigenvalue weighted by atomic mass is 9.84. The van der Waals surface area contributed by atoms with Crippen molar-refractivity contribution in [3.05, 3.63) is 45.3 Å². The third-order valence-electron chi connectivity index (χ3n) is 5.43. The summed E-state index contributed by atoms with van der Waals surface area (Å²) in [5, 5.41) is 3.78. The minimum Gasteiger partial charge on any atom is -0.348 e. The van der Waals surface area contributed by atoms with Gasteiger partial charge in [-0.2, -0.15) is 0 Å². The lowest BCUT2D eigenvalue weighted by molar-refractivity contribution is 0.0620. The summed E-state index contributed by atoms with van der Waals surface area (Å²) in [5.74, 6) is 0.820. The van der Waals surface area contributed by atoms with E-state index in [0.717, 1.165) is 37.4 Å². The van der Waals surface area contributed by atoms with Crippen molar-refractivity contribution in [2.24, 2.45) is 5.92 Å². The number of carbonyl (C=O) groups is 1. The smallest absolute Gasteiger partial charge is 0.256 e. The number of nitrogens with zero attached hydrogens (tertiary/aromatic N) is 3. The minimum atomic E-state index is -0.172. The number of rotatable bonds is 4. The SMILES string of the molecule is CC(C)c1cnc(-n2cc(C(=O)NC3CN4CCC3CC4)ccc2=O)s1. The summed E-state index contributed by atoms with van der Waals surface area (Å²) in [7, 11) is 0. The molecule has 1 amide bonds. The van der Waals surface area contributed by atoms with Crippen LogP contribution in [0.3, 0.4) is 0 Å². The largest absolute Gasteiger partial charge is 0.348 e. The molecule has 7 heteroatoms. The molecule has 138 valence electrons.